The largest absolute Gasteiger partial charge is 0.396 e. The maximum Gasteiger partial charge on any atom is 0.234 e. The minimum Gasteiger partial charge on any atom is -0.396 e. The highest BCUT2D eigenvalue weighted by Gasteiger charge is 2.32. The molecule has 1 aromatic carbocycles. The molecule has 0 radical (unpaired) electrons. The van der Waals surface area contributed by atoms with Gasteiger partial charge in [-0.1, -0.05) is 25.1 Å². The molecule has 1 saturated heterocycles. The number of nitrogens with zero attached hydrogens (tertiary/aromatic N) is 1. The van der Waals surface area contributed by atoms with E-state index in [-0.39, 0.29) is 24.0 Å². The van der Waals surface area contributed by atoms with E-state index in [0.717, 1.165) is 37.9 Å². The molecule has 134 valence electrons. The molecule has 0 aliphatic carbocycles. The van der Waals surface area contributed by atoms with Gasteiger partial charge in [-0.05, 0) is 75.2 Å². The van der Waals surface area contributed by atoms with Crippen molar-refractivity contribution in [1.82, 2.24) is 10.2 Å². The zero-order valence-corrected chi connectivity index (χ0v) is 15.6. The molecule has 0 spiro atoms. The van der Waals surface area contributed by atoms with Gasteiger partial charge in [-0.25, -0.2) is 0 Å². The number of aliphatic hydroxyl groups excluding tert-OH is 1. The Balaban J connectivity index is 1.84. The number of amides is 1. The van der Waals surface area contributed by atoms with E-state index in [4.69, 9.17) is 0 Å². The Morgan fingerprint density at radius 2 is 1.96 bits per heavy atom. The van der Waals surface area contributed by atoms with Crippen molar-refractivity contribution in [2.24, 2.45) is 5.41 Å². The topological polar surface area (TPSA) is 52.6 Å². The third kappa shape index (κ3) is 4.58. The molecular formula is C20H32N2O2. The highest BCUT2D eigenvalue weighted by molar-refractivity contribution is 5.78. The molecule has 1 aliphatic rings. The Kier molecular flexibility index (Phi) is 6.41. The van der Waals surface area contributed by atoms with Crippen molar-refractivity contribution in [3.8, 4) is 0 Å². The molecular weight excluding hydrogens is 300 g/mol. The minimum atomic E-state index is 0.0220. The Labute approximate surface area is 146 Å². The summed E-state index contributed by atoms with van der Waals surface area (Å²) >= 11 is 0. The molecule has 0 bridgehead atoms. The smallest absolute Gasteiger partial charge is 0.234 e. The van der Waals surface area contributed by atoms with Crippen LogP contribution in [0.25, 0.3) is 0 Å². The maximum absolute atomic E-state index is 12.3. The first-order valence-corrected chi connectivity index (χ1v) is 9.09. The predicted octanol–water partition coefficient (Wildman–Crippen LogP) is 2.97. The third-order valence-corrected chi connectivity index (χ3v) is 5.78. The molecule has 1 fully saturated rings. The number of carbonyl (C=O) groups is 1. The first-order chi connectivity index (χ1) is 11.4. The van der Waals surface area contributed by atoms with E-state index < -0.39 is 0 Å². The van der Waals surface area contributed by atoms with Gasteiger partial charge < -0.3 is 10.4 Å². The Bertz CT molecular complexity index is 557. The number of nitrogens with one attached hydrogen (secondary N) is 1. The Morgan fingerprint density at radius 3 is 2.50 bits per heavy atom. The van der Waals surface area contributed by atoms with Crippen LogP contribution in [0.5, 0.6) is 0 Å². The van der Waals surface area contributed by atoms with Crippen LogP contribution < -0.4 is 5.32 Å². The number of aryl methyl sites for hydroxylation is 2. The van der Waals surface area contributed by atoms with Gasteiger partial charge in [0.1, 0.15) is 0 Å². The number of hydrogen-bond donors (Lipinski definition) is 2. The standard InChI is InChI=1S/C20H32N2O2/c1-5-20(14-23)8-10-22(11-9-20)13-19(24)21-17(4)18-7-6-15(2)16(3)12-18/h6-7,12,17,23H,5,8-11,13-14H2,1-4H3,(H,21,24). The van der Waals surface area contributed by atoms with Crippen LogP contribution in [0.3, 0.4) is 0 Å². The van der Waals surface area contributed by atoms with Gasteiger partial charge in [0.2, 0.25) is 5.91 Å². The summed E-state index contributed by atoms with van der Waals surface area (Å²) in [5, 5.41) is 12.7. The highest BCUT2D eigenvalue weighted by Crippen LogP contribution is 2.34. The van der Waals surface area contributed by atoms with Crippen molar-refractivity contribution in [3.63, 3.8) is 0 Å². The number of rotatable bonds is 6. The lowest BCUT2D eigenvalue weighted by molar-refractivity contribution is -0.123. The van der Waals surface area contributed by atoms with Gasteiger partial charge >= 0.3 is 0 Å². The summed E-state index contributed by atoms with van der Waals surface area (Å²) in [7, 11) is 0. The molecule has 4 heteroatoms. The van der Waals surface area contributed by atoms with E-state index in [1.165, 1.54) is 11.1 Å². The third-order valence-electron chi connectivity index (χ3n) is 5.78. The van der Waals surface area contributed by atoms with Gasteiger partial charge in [-0.3, -0.25) is 9.69 Å². The van der Waals surface area contributed by atoms with Crippen LogP contribution >= 0.6 is 0 Å². The van der Waals surface area contributed by atoms with Crippen molar-refractivity contribution in [3.05, 3.63) is 34.9 Å². The van der Waals surface area contributed by atoms with Crippen LogP contribution in [0, 0.1) is 19.3 Å². The zero-order chi connectivity index (χ0) is 17.7. The highest BCUT2D eigenvalue weighted by atomic mass is 16.3. The summed E-state index contributed by atoms with van der Waals surface area (Å²) in [5.74, 6) is 0.0775. The van der Waals surface area contributed by atoms with Crippen molar-refractivity contribution < 1.29 is 9.90 Å². The molecule has 1 amide bonds. The lowest BCUT2D eigenvalue weighted by atomic mass is 9.77. The number of benzene rings is 1. The number of aliphatic hydroxyl groups is 1. The normalized spacial score (nSPS) is 19.0. The fraction of sp³-hybridized carbons (Fsp3) is 0.650. The quantitative estimate of drug-likeness (QED) is 0.842. The minimum absolute atomic E-state index is 0.0220. The summed E-state index contributed by atoms with van der Waals surface area (Å²) in [6.07, 6.45) is 2.95. The van der Waals surface area contributed by atoms with Crippen molar-refractivity contribution in [2.75, 3.05) is 26.2 Å². The fourth-order valence-corrected chi connectivity index (χ4v) is 3.42. The first-order valence-electron chi connectivity index (χ1n) is 9.09. The molecule has 4 nitrogen and oxygen atoms in total. The van der Waals surface area contributed by atoms with Crippen LogP contribution in [-0.2, 0) is 4.79 Å². The molecule has 1 aliphatic heterocycles. The lowest BCUT2D eigenvalue weighted by Crippen LogP contribution is -2.46. The number of likely N-dealkylation sites (tertiary alicyclic amines) is 1. The molecule has 0 aromatic heterocycles. The van der Waals surface area contributed by atoms with Crippen molar-refractivity contribution in [1.29, 1.82) is 0 Å². The lowest BCUT2D eigenvalue weighted by Gasteiger charge is -2.40. The molecule has 1 heterocycles. The van der Waals surface area contributed by atoms with E-state index in [1.807, 2.05) is 6.92 Å². The van der Waals surface area contributed by atoms with Crippen LogP contribution in [0.1, 0.15) is 55.8 Å². The zero-order valence-electron chi connectivity index (χ0n) is 15.6. The predicted molar refractivity (Wildman–Crippen MR) is 98.0 cm³/mol. The Hall–Kier alpha value is -1.39. The summed E-state index contributed by atoms with van der Waals surface area (Å²) in [6, 6.07) is 6.37. The van der Waals surface area contributed by atoms with Crippen LogP contribution in [0.2, 0.25) is 0 Å². The van der Waals surface area contributed by atoms with Gasteiger partial charge in [0.05, 0.1) is 12.6 Å². The van der Waals surface area contributed by atoms with E-state index in [1.54, 1.807) is 0 Å². The monoisotopic (exact) mass is 332 g/mol. The van der Waals surface area contributed by atoms with Gasteiger partial charge in [0.15, 0.2) is 0 Å². The second-order valence-electron chi connectivity index (χ2n) is 7.42. The average Bonchev–Trinajstić information content (AvgIpc) is 2.58. The second kappa shape index (κ2) is 8.13. The molecule has 2 rings (SSSR count). The van der Waals surface area contributed by atoms with E-state index >= 15 is 0 Å². The SMILES string of the molecule is CCC1(CO)CCN(CC(=O)NC(C)c2ccc(C)c(C)c2)CC1. The Morgan fingerprint density at radius 1 is 1.29 bits per heavy atom. The van der Waals surface area contributed by atoms with Crippen LogP contribution in [0.4, 0.5) is 0 Å². The van der Waals surface area contributed by atoms with Crippen LogP contribution in [-0.4, -0.2) is 42.2 Å². The second-order valence-corrected chi connectivity index (χ2v) is 7.42. The van der Waals surface area contributed by atoms with E-state index in [2.05, 4.69) is 49.2 Å². The van der Waals surface area contributed by atoms with Crippen LogP contribution in [0.15, 0.2) is 18.2 Å². The molecule has 1 aromatic rings. The van der Waals surface area contributed by atoms with Crippen molar-refractivity contribution >= 4 is 5.91 Å². The summed E-state index contributed by atoms with van der Waals surface area (Å²) < 4.78 is 0. The molecule has 2 N–H and O–H groups in total. The van der Waals surface area contributed by atoms with Gasteiger partial charge in [0.25, 0.3) is 0 Å². The van der Waals surface area contributed by atoms with E-state index in [9.17, 15) is 9.90 Å². The molecule has 0 saturated carbocycles. The number of hydrogen-bond acceptors (Lipinski definition) is 3. The van der Waals surface area contributed by atoms with Gasteiger partial charge in [0, 0.05) is 6.61 Å². The maximum atomic E-state index is 12.3. The van der Waals surface area contributed by atoms with Gasteiger partial charge in [-0.2, -0.15) is 0 Å². The molecule has 1 unspecified atom stereocenters. The fourth-order valence-electron chi connectivity index (χ4n) is 3.42. The summed E-state index contributed by atoms with van der Waals surface area (Å²) in [6.45, 7) is 10.9. The van der Waals surface area contributed by atoms with Gasteiger partial charge in [-0.15, -0.1) is 0 Å². The van der Waals surface area contributed by atoms with E-state index in [0.29, 0.717) is 6.54 Å². The molecule has 1 atom stereocenters. The summed E-state index contributed by atoms with van der Waals surface area (Å²) in [4.78, 5) is 14.5. The number of carbonyl (C=O) groups excluding carboxylic acids is 1. The summed E-state index contributed by atoms with van der Waals surface area (Å²) in [5.41, 5.74) is 3.74. The first kappa shape index (κ1) is 18.9. The molecule has 24 heavy (non-hydrogen) atoms. The van der Waals surface area contributed by atoms with Crippen molar-refractivity contribution in [2.45, 2.75) is 53.0 Å². The average molecular weight is 332 g/mol. The number of piperidine rings is 1.